The van der Waals surface area contributed by atoms with E-state index in [0.29, 0.717) is 10.6 Å². The highest BCUT2D eigenvalue weighted by molar-refractivity contribution is 6.31. The third-order valence-corrected chi connectivity index (χ3v) is 1.91. The largest absolute Gasteiger partial charge is 0.326 e. The SMILES string of the molecule is NCc1cc(C(F)F)ccc1Cl. The van der Waals surface area contributed by atoms with Gasteiger partial charge in [-0.1, -0.05) is 17.7 Å². The molecule has 66 valence electrons. The Morgan fingerprint density at radius 3 is 2.58 bits per heavy atom. The summed E-state index contributed by atoms with van der Waals surface area (Å²) >= 11 is 5.68. The van der Waals surface area contributed by atoms with Crippen molar-refractivity contribution in [3.63, 3.8) is 0 Å². The van der Waals surface area contributed by atoms with Crippen LogP contribution in [-0.2, 0) is 6.54 Å². The first-order chi connectivity index (χ1) is 5.65. The highest BCUT2D eigenvalue weighted by atomic mass is 35.5. The molecule has 12 heavy (non-hydrogen) atoms. The molecule has 4 heteroatoms. The molecule has 0 aliphatic carbocycles. The first kappa shape index (κ1) is 9.42. The van der Waals surface area contributed by atoms with E-state index in [0.717, 1.165) is 0 Å². The van der Waals surface area contributed by atoms with Crippen LogP contribution in [0.25, 0.3) is 0 Å². The van der Waals surface area contributed by atoms with Crippen LogP contribution >= 0.6 is 11.6 Å². The molecule has 0 aromatic heterocycles. The number of halogens is 3. The lowest BCUT2D eigenvalue weighted by Gasteiger charge is -2.04. The standard InChI is InChI=1S/C8H8ClF2N/c9-7-2-1-5(8(10)11)3-6(7)4-12/h1-3,8H,4,12H2. The van der Waals surface area contributed by atoms with Gasteiger partial charge in [-0.15, -0.1) is 0 Å². The highest BCUT2D eigenvalue weighted by Gasteiger charge is 2.08. The first-order valence-electron chi connectivity index (χ1n) is 3.41. The van der Waals surface area contributed by atoms with Crippen molar-refractivity contribution >= 4 is 11.6 Å². The van der Waals surface area contributed by atoms with Crippen molar-refractivity contribution < 1.29 is 8.78 Å². The van der Waals surface area contributed by atoms with E-state index in [2.05, 4.69) is 0 Å². The van der Waals surface area contributed by atoms with Gasteiger partial charge in [-0.25, -0.2) is 8.78 Å². The summed E-state index contributed by atoms with van der Waals surface area (Å²) < 4.78 is 24.3. The zero-order chi connectivity index (χ0) is 9.14. The predicted octanol–water partition coefficient (Wildman–Crippen LogP) is 2.74. The van der Waals surface area contributed by atoms with Gasteiger partial charge in [-0.3, -0.25) is 0 Å². The van der Waals surface area contributed by atoms with Gasteiger partial charge in [-0.05, 0) is 17.7 Å². The van der Waals surface area contributed by atoms with Crippen LogP contribution < -0.4 is 5.73 Å². The van der Waals surface area contributed by atoms with Gasteiger partial charge in [-0.2, -0.15) is 0 Å². The summed E-state index contributed by atoms with van der Waals surface area (Å²) in [5.41, 5.74) is 5.80. The Labute approximate surface area is 74.1 Å². The number of nitrogens with two attached hydrogens (primary N) is 1. The molecule has 1 aromatic carbocycles. The van der Waals surface area contributed by atoms with E-state index in [1.165, 1.54) is 18.2 Å². The second-order valence-corrected chi connectivity index (χ2v) is 2.76. The Bertz CT molecular complexity index is 276. The molecule has 0 bridgehead atoms. The molecule has 0 radical (unpaired) electrons. The van der Waals surface area contributed by atoms with E-state index in [4.69, 9.17) is 17.3 Å². The number of benzene rings is 1. The maximum Gasteiger partial charge on any atom is 0.263 e. The molecule has 0 atom stereocenters. The molecular weight excluding hydrogens is 184 g/mol. The van der Waals surface area contributed by atoms with Crippen molar-refractivity contribution in [2.75, 3.05) is 0 Å². The van der Waals surface area contributed by atoms with Crippen molar-refractivity contribution in [1.29, 1.82) is 0 Å². The Hall–Kier alpha value is -0.670. The maximum atomic E-state index is 12.1. The average Bonchev–Trinajstić information content (AvgIpc) is 2.05. The zero-order valence-electron chi connectivity index (χ0n) is 6.23. The van der Waals surface area contributed by atoms with Crippen LogP contribution in [0.5, 0.6) is 0 Å². The number of hydrogen-bond donors (Lipinski definition) is 1. The van der Waals surface area contributed by atoms with E-state index < -0.39 is 6.43 Å². The van der Waals surface area contributed by atoms with E-state index in [1.807, 2.05) is 0 Å². The third kappa shape index (κ3) is 1.93. The minimum absolute atomic E-state index is 0.0418. The fourth-order valence-electron chi connectivity index (χ4n) is 0.887. The van der Waals surface area contributed by atoms with Crippen LogP contribution in [0.15, 0.2) is 18.2 Å². The molecule has 2 N–H and O–H groups in total. The number of alkyl halides is 2. The van der Waals surface area contributed by atoms with Crippen molar-refractivity contribution in [2.45, 2.75) is 13.0 Å². The normalized spacial score (nSPS) is 10.8. The minimum atomic E-state index is -2.47. The van der Waals surface area contributed by atoms with Crippen LogP contribution in [0.3, 0.4) is 0 Å². The van der Waals surface area contributed by atoms with Crippen LogP contribution in [0.4, 0.5) is 8.78 Å². The van der Waals surface area contributed by atoms with E-state index in [1.54, 1.807) is 0 Å². The highest BCUT2D eigenvalue weighted by Crippen LogP contribution is 2.23. The molecule has 0 aliphatic rings. The van der Waals surface area contributed by atoms with Gasteiger partial charge in [0.25, 0.3) is 6.43 Å². The fourth-order valence-corrected chi connectivity index (χ4v) is 1.08. The van der Waals surface area contributed by atoms with Gasteiger partial charge in [0.1, 0.15) is 0 Å². The lowest BCUT2D eigenvalue weighted by molar-refractivity contribution is 0.151. The number of hydrogen-bond acceptors (Lipinski definition) is 1. The summed E-state index contributed by atoms with van der Waals surface area (Å²) in [4.78, 5) is 0. The molecule has 1 aromatic rings. The molecule has 0 saturated carbocycles. The molecule has 0 heterocycles. The Morgan fingerprint density at radius 2 is 2.08 bits per heavy atom. The molecule has 0 amide bonds. The van der Waals surface area contributed by atoms with Crippen LogP contribution in [0.2, 0.25) is 5.02 Å². The maximum absolute atomic E-state index is 12.1. The summed E-state index contributed by atoms with van der Waals surface area (Å²) in [7, 11) is 0. The summed E-state index contributed by atoms with van der Waals surface area (Å²) in [6.07, 6.45) is -2.47. The molecule has 0 aliphatic heterocycles. The van der Waals surface area contributed by atoms with Crippen LogP contribution in [0, 0.1) is 0 Å². The van der Waals surface area contributed by atoms with Crippen molar-refractivity contribution in [3.05, 3.63) is 34.3 Å². The van der Waals surface area contributed by atoms with E-state index in [9.17, 15) is 8.78 Å². The lowest BCUT2D eigenvalue weighted by atomic mass is 10.1. The molecule has 0 unspecified atom stereocenters. The summed E-state index contributed by atoms with van der Waals surface area (Å²) in [5.74, 6) is 0. The van der Waals surface area contributed by atoms with Gasteiger partial charge in [0.15, 0.2) is 0 Å². The van der Waals surface area contributed by atoms with Gasteiger partial charge in [0.2, 0.25) is 0 Å². The van der Waals surface area contributed by atoms with Crippen molar-refractivity contribution in [1.82, 2.24) is 0 Å². The molecule has 0 saturated heterocycles. The van der Waals surface area contributed by atoms with Crippen molar-refractivity contribution in [2.24, 2.45) is 5.73 Å². The molecule has 0 spiro atoms. The van der Waals surface area contributed by atoms with E-state index in [-0.39, 0.29) is 12.1 Å². The van der Waals surface area contributed by atoms with Crippen LogP contribution in [0.1, 0.15) is 17.6 Å². The van der Waals surface area contributed by atoms with Gasteiger partial charge >= 0.3 is 0 Å². The van der Waals surface area contributed by atoms with Crippen molar-refractivity contribution in [3.8, 4) is 0 Å². The number of rotatable bonds is 2. The molecular formula is C8H8ClF2N. The topological polar surface area (TPSA) is 26.0 Å². The van der Waals surface area contributed by atoms with Crippen LogP contribution in [-0.4, -0.2) is 0 Å². The summed E-state index contributed by atoms with van der Waals surface area (Å²) in [6.45, 7) is 0.180. The molecule has 0 fully saturated rings. The molecule has 1 rings (SSSR count). The Balaban J connectivity index is 3.05. The smallest absolute Gasteiger partial charge is 0.263 e. The third-order valence-electron chi connectivity index (χ3n) is 1.54. The monoisotopic (exact) mass is 191 g/mol. The average molecular weight is 192 g/mol. The minimum Gasteiger partial charge on any atom is -0.326 e. The predicted molar refractivity (Wildman–Crippen MR) is 44.3 cm³/mol. The summed E-state index contributed by atoms with van der Waals surface area (Å²) in [5, 5.41) is 0.432. The first-order valence-corrected chi connectivity index (χ1v) is 3.79. The van der Waals surface area contributed by atoms with Gasteiger partial charge in [0.05, 0.1) is 0 Å². The molecule has 1 nitrogen and oxygen atoms in total. The lowest BCUT2D eigenvalue weighted by Crippen LogP contribution is -1.98. The zero-order valence-corrected chi connectivity index (χ0v) is 6.98. The second kappa shape index (κ2) is 3.83. The second-order valence-electron chi connectivity index (χ2n) is 2.36. The Kier molecular flexibility index (Phi) is 3.00. The van der Waals surface area contributed by atoms with E-state index >= 15 is 0 Å². The quantitative estimate of drug-likeness (QED) is 0.764. The fraction of sp³-hybridized carbons (Fsp3) is 0.250. The summed E-state index contributed by atoms with van der Waals surface area (Å²) in [6, 6.07) is 4.06. The van der Waals surface area contributed by atoms with Gasteiger partial charge < -0.3 is 5.73 Å². The Morgan fingerprint density at radius 1 is 1.42 bits per heavy atom. The van der Waals surface area contributed by atoms with Gasteiger partial charge in [0, 0.05) is 17.1 Å².